The van der Waals surface area contributed by atoms with Crippen LogP contribution >= 0.6 is 0 Å². The summed E-state index contributed by atoms with van der Waals surface area (Å²) >= 11 is 0. The summed E-state index contributed by atoms with van der Waals surface area (Å²) in [5, 5.41) is 3.38. The van der Waals surface area contributed by atoms with E-state index in [2.05, 4.69) is 44.5 Å². The van der Waals surface area contributed by atoms with Gasteiger partial charge in [0.1, 0.15) is 0 Å². The molecule has 5 heteroatoms. The van der Waals surface area contributed by atoms with E-state index in [0.29, 0.717) is 5.95 Å². The molecule has 5 nitrogen and oxygen atoms in total. The Labute approximate surface area is 119 Å². The molecular weight excluding hydrogens is 250 g/mol. The smallest absolute Gasteiger partial charge is 0.229 e. The lowest BCUT2D eigenvalue weighted by molar-refractivity contribution is 0.589. The van der Waals surface area contributed by atoms with Crippen molar-refractivity contribution in [3.05, 3.63) is 42.7 Å². The van der Waals surface area contributed by atoms with E-state index >= 15 is 0 Å². The van der Waals surface area contributed by atoms with E-state index < -0.39 is 0 Å². The van der Waals surface area contributed by atoms with Crippen molar-refractivity contribution in [2.75, 3.05) is 43.0 Å². The van der Waals surface area contributed by atoms with Crippen molar-refractivity contribution in [2.24, 2.45) is 0 Å². The summed E-state index contributed by atoms with van der Waals surface area (Å²) in [7, 11) is 1.99. The van der Waals surface area contributed by atoms with Gasteiger partial charge in [0, 0.05) is 57.0 Å². The second kappa shape index (κ2) is 5.88. The first-order valence-electron chi connectivity index (χ1n) is 6.91. The topological polar surface area (TPSA) is 44.3 Å². The maximum absolute atomic E-state index is 4.29. The van der Waals surface area contributed by atoms with Crippen LogP contribution in [0.3, 0.4) is 0 Å². The van der Waals surface area contributed by atoms with Crippen LogP contribution < -0.4 is 15.1 Å². The standard InChI is InChI=1S/C15H19N5/c1-19(15-17-6-3-7-18-15)13-4-2-5-14(12-13)20-10-8-16-9-11-20/h2-7,12,16H,8-11H2,1H3. The molecule has 1 aromatic heterocycles. The predicted octanol–water partition coefficient (Wildman–Crippen LogP) is 1.65. The highest BCUT2D eigenvalue weighted by Gasteiger charge is 2.12. The number of anilines is 3. The molecule has 1 fully saturated rings. The largest absolute Gasteiger partial charge is 0.369 e. The molecule has 1 saturated heterocycles. The molecule has 2 heterocycles. The predicted molar refractivity (Wildman–Crippen MR) is 81.6 cm³/mol. The molecule has 0 spiro atoms. The second-order valence-electron chi connectivity index (χ2n) is 4.86. The van der Waals surface area contributed by atoms with Gasteiger partial charge in [-0.3, -0.25) is 0 Å². The van der Waals surface area contributed by atoms with E-state index in [1.807, 2.05) is 18.0 Å². The molecule has 2 aromatic rings. The first kappa shape index (κ1) is 12.9. The Morgan fingerprint density at radius 3 is 2.60 bits per heavy atom. The SMILES string of the molecule is CN(c1cccc(N2CCNCC2)c1)c1ncccn1. The maximum Gasteiger partial charge on any atom is 0.229 e. The van der Waals surface area contributed by atoms with Gasteiger partial charge < -0.3 is 15.1 Å². The van der Waals surface area contributed by atoms with E-state index in [4.69, 9.17) is 0 Å². The molecule has 0 atom stereocenters. The molecule has 1 aliphatic heterocycles. The highest BCUT2D eigenvalue weighted by molar-refractivity contribution is 5.63. The van der Waals surface area contributed by atoms with Crippen LogP contribution in [0, 0.1) is 0 Å². The molecule has 1 aliphatic rings. The van der Waals surface area contributed by atoms with Gasteiger partial charge in [0.05, 0.1) is 0 Å². The first-order valence-corrected chi connectivity index (χ1v) is 6.91. The van der Waals surface area contributed by atoms with Crippen molar-refractivity contribution >= 4 is 17.3 Å². The average Bonchev–Trinajstić information content (AvgIpc) is 2.56. The first-order chi connectivity index (χ1) is 9.84. The summed E-state index contributed by atoms with van der Waals surface area (Å²) in [5.74, 6) is 0.713. The Morgan fingerprint density at radius 1 is 1.10 bits per heavy atom. The summed E-state index contributed by atoms with van der Waals surface area (Å²) in [6.07, 6.45) is 3.53. The molecule has 0 saturated carbocycles. The van der Waals surface area contributed by atoms with Crippen LogP contribution in [0.1, 0.15) is 0 Å². The second-order valence-corrected chi connectivity index (χ2v) is 4.86. The minimum absolute atomic E-state index is 0.713. The van der Waals surface area contributed by atoms with Crippen LogP contribution in [-0.4, -0.2) is 43.2 Å². The number of hydrogen-bond donors (Lipinski definition) is 1. The van der Waals surface area contributed by atoms with Gasteiger partial charge in [-0.25, -0.2) is 9.97 Å². The summed E-state index contributed by atoms with van der Waals surface area (Å²) in [4.78, 5) is 13.0. The number of nitrogens with zero attached hydrogens (tertiary/aromatic N) is 4. The molecule has 3 rings (SSSR count). The van der Waals surface area contributed by atoms with Crippen molar-refractivity contribution < 1.29 is 0 Å². The molecule has 0 aliphatic carbocycles. The quantitative estimate of drug-likeness (QED) is 0.918. The van der Waals surface area contributed by atoms with E-state index in [-0.39, 0.29) is 0 Å². The zero-order chi connectivity index (χ0) is 13.8. The van der Waals surface area contributed by atoms with Gasteiger partial charge in [-0.1, -0.05) is 6.07 Å². The zero-order valence-corrected chi connectivity index (χ0v) is 11.7. The van der Waals surface area contributed by atoms with Gasteiger partial charge in [-0.05, 0) is 24.3 Å². The summed E-state index contributed by atoms with van der Waals surface area (Å²) in [6, 6.07) is 10.4. The Hall–Kier alpha value is -2.14. The summed E-state index contributed by atoms with van der Waals surface area (Å²) < 4.78 is 0. The van der Waals surface area contributed by atoms with Crippen molar-refractivity contribution in [1.29, 1.82) is 0 Å². The Balaban J connectivity index is 1.83. The fourth-order valence-corrected chi connectivity index (χ4v) is 2.40. The van der Waals surface area contributed by atoms with Gasteiger partial charge in [-0.2, -0.15) is 0 Å². The van der Waals surface area contributed by atoms with E-state index in [9.17, 15) is 0 Å². The van der Waals surface area contributed by atoms with Crippen molar-refractivity contribution in [3.63, 3.8) is 0 Å². The molecule has 1 aromatic carbocycles. The molecule has 20 heavy (non-hydrogen) atoms. The zero-order valence-electron chi connectivity index (χ0n) is 11.7. The highest BCUT2D eigenvalue weighted by Crippen LogP contribution is 2.25. The minimum atomic E-state index is 0.713. The highest BCUT2D eigenvalue weighted by atomic mass is 15.2. The lowest BCUT2D eigenvalue weighted by Gasteiger charge is -2.30. The van der Waals surface area contributed by atoms with Crippen molar-refractivity contribution in [1.82, 2.24) is 15.3 Å². The summed E-state index contributed by atoms with van der Waals surface area (Å²) in [6.45, 7) is 4.19. The lowest BCUT2D eigenvalue weighted by atomic mass is 10.2. The number of aromatic nitrogens is 2. The monoisotopic (exact) mass is 269 g/mol. The minimum Gasteiger partial charge on any atom is -0.369 e. The normalized spacial score (nSPS) is 15.2. The molecule has 0 unspecified atom stereocenters. The van der Waals surface area contributed by atoms with Crippen LogP contribution in [0.4, 0.5) is 17.3 Å². The number of piperazine rings is 1. The van der Waals surface area contributed by atoms with Gasteiger partial charge in [0.25, 0.3) is 0 Å². The number of hydrogen-bond acceptors (Lipinski definition) is 5. The fraction of sp³-hybridized carbons (Fsp3) is 0.333. The van der Waals surface area contributed by atoms with Crippen LogP contribution in [0.15, 0.2) is 42.7 Å². The molecule has 0 amide bonds. The molecule has 0 bridgehead atoms. The summed E-state index contributed by atoms with van der Waals surface area (Å²) in [5.41, 5.74) is 2.36. The molecular formula is C15H19N5. The number of benzene rings is 1. The lowest BCUT2D eigenvalue weighted by Crippen LogP contribution is -2.43. The van der Waals surface area contributed by atoms with Gasteiger partial charge >= 0.3 is 0 Å². The third kappa shape index (κ3) is 2.72. The fourth-order valence-electron chi connectivity index (χ4n) is 2.40. The Bertz CT molecular complexity index is 551. The molecule has 1 N–H and O–H groups in total. The maximum atomic E-state index is 4.29. The van der Waals surface area contributed by atoms with Crippen molar-refractivity contribution in [3.8, 4) is 0 Å². The van der Waals surface area contributed by atoms with Crippen LogP contribution in [0.25, 0.3) is 0 Å². The van der Waals surface area contributed by atoms with E-state index in [1.165, 1.54) is 5.69 Å². The third-order valence-corrected chi connectivity index (χ3v) is 3.55. The number of nitrogens with one attached hydrogen (secondary N) is 1. The third-order valence-electron chi connectivity index (χ3n) is 3.55. The Morgan fingerprint density at radius 2 is 1.85 bits per heavy atom. The Kier molecular flexibility index (Phi) is 3.78. The van der Waals surface area contributed by atoms with Crippen LogP contribution in [0.2, 0.25) is 0 Å². The van der Waals surface area contributed by atoms with E-state index in [0.717, 1.165) is 31.9 Å². The van der Waals surface area contributed by atoms with Crippen LogP contribution in [0.5, 0.6) is 0 Å². The van der Waals surface area contributed by atoms with E-state index in [1.54, 1.807) is 12.4 Å². The van der Waals surface area contributed by atoms with Crippen LogP contribution in [-0.2, 0) is 0 Å². The average molecular weight is 269 g/mol. The van der Waals surface area contributed by atoms with Crippen molar-refractivity contribution in [2.45, 2.75) is 0 Å². The van der Waals surface area contributed by atoms with Gasteiger partial charge in [0.2, 0.25) is 5.95 Å². The molecule has 0 radical (unpaired) electrons. The van der Waals surface area contributed by atoms with Gasteiger partial charge in [-0.15, -0.1) is 0 Å². The van der Waals surface area contributed by atoms with Gasteiger partial charge in [0.15, 0.2) is 0 Å². The molecule has 104 valence electrons. The number of rotatable bonds is 3.